The van der Waals surface area contributed by atoms with Crippen LogP contribution in [0.2, 0.25) is 0 Å². The van der Waals surface area contributed by atoms with E-state index >= 15 is 0 Å². The molecule has 0 aliphatic heterocycles. The molecule has 0 fully saturated rings. The number of nitrogens with one attached hydrogen (secondary N) is 2. The number of rotatable bonds is 10. The van der Waals surface area contributed by atoms with Crippen LogP contribution >= 0.6 is 12.6 Å². The first-order valence-corrected chi connectivity index (χ1v) is 11.5. The molecule has 1 aromatic rings. The van der Waals surface area contributed by atoms with Gasteiger partial charge >= 0.3 is 12.1 Å². The Bertz CT molecular complexity index is 1010. The summed E-state index contributed by atoms with van der Waals surface area (Å²) in [6.45, 7) is 6.84. The number of nitrogens with zero attached hydrogens (tertiary/aromatic N) is 1. The van der Waals surface area contributed by atoms with E-state index in [1.54, 1.807) is 52.0 Å². The highest BCUT2D eigenvalue weighted by Gasteiger charge is 2.36. The summed E-state index contributed by atoms with van der Waals surface area (Å²) in [6.07, 6.45) is 10.3. The summed E-state index contributed by atoms with van der Waals surface area (Å²) < 4.78 is 10.1. The fourth-order valence-electron chi connectivity index (χ4n) is 2.95. The number of thiol groups is 1. The van der Waals surface area contributed by atoms with Gasteiger partial charge in [-0.15, -0.1) is 6.42 Å². The minimum Gasteiger partial charge on any atom is -0.466 e. The van der Waals surface area contributed by atoms with Gasteiger partial charge in [-0.2, -0.15) is 12.6 Å². The van der Waals surface area contributed by atoms with Crippen molar-refractivity contribution in [1.29, 1.82) is 0 Å². The molecule has 2 unspecified atom stereocenters. The Labute approximate surface area is 211 Å². The molecule has 2 atom stereocenters. The van der Waals surface area contributed by atoms with Gasteiger partial charge in [-0.25, -0.2) is 4.79 Å². The molecule has 0 aromatic heterocycles. The lowest BCUT2D eigenvalue weighted by molar-refractivity contribution is -0.143. The monoisotopic (exact) mass is 501 g/mol. The van der Waals surface area contributed by atoms with Crippen LogP contribution < -0.4 is 10.6 Å². The molecule has 9 nitrogen and oxygen atoms in total. The Morgan fingerprint density at radius 3 is 2.37 bits per heavy atom. The first kappa shape index (κ1) is 29.4. The molecule has 1 rings (SSSR count). The molecule has 0 heterocycles. The van der Waals surface area contributed by atoms with E-state index in [1.165, 1.54) is 0 Å². The average Bonchev–Trinajstić information content (AvgIpc) is 2.79. The topological polar surface area (TPSA) is 114 Å². The number of benzene rings is 1. The lowest BCUT2D eigenvalue weighted by Crippen LogP contribution is -2.52. The van der Waals surface area contributed by atoms with Crippen LogP contribution in [0.5, 0.6) is 0 Å². The van der Waals surface area contributed by atoms with E-state index in [0.29, 0.717) is 11.1 Å². The molecule has 1 aromatic carbocycles. The SMILES string of the molecule is C#Cc1ccccc1C(C(=O)NCCC(=O)OCC)N(C#C)C(=O)C(CS)NC(=O)OC(C)(C)C. The Hall–Kier alpha value is -3.63. The molecule has 10 heteroatoms. The molecule has 0 aliphatic rings. The van der Waals surface area contributed by atoms with Crippen molar-refractivity contribution in [2.24, 2.45) is 0 Å². The third-order valence-corrected chi connectivity index (χ3v) is 4.76. The zero-order chi connectivity index (χ0) is 26.6. The molecule has 0 saturated heterocycles. The highest BCUT2D eigenvalue weighted by atomic mass is 32.1. The smallest absolute Gasteiger partial charge is 0.408 e. The zero-order valence-corrected chi connectivity index (χ0v) is 21.2. The second-order valence-electron chi connectivity index (χ2n) is 8.20. The minimum absolute atomic E-state index is 0.0505. The average molecular weight is 502 g/mol. The van der Waals surface area contributed by atoms with E-state index in [1.807, 2.05) is 0 Å². The summed E-state index contributed by atoms with van der Waals surface area (Å²) in [5, 5.41) is 5.02. The Balaban J connectivity index is 3.28. The van der Waals surface area contributed by atoms with Gasteiger partial charge in [0.15, 0.2) is 0 Å². The zero-order valence-electron chi connectivity index (χ0n) is 20.3. The second kappa shape index (κ2) is 13.9. The van der Waals surface area contributed by atoms with Crippen molar-refractivity contribution in [3.05, 3.63) is 35.4 Å². The van der Waals surface area contributed by atoms with Gasteiger partial charge in [0.25, 0.3) is 5.91 Å². The molecule has 3 amide bonds. The molecule has 2 N–H and O–H groups in total. The van der Waals surface area contributed by atoms with Gasteiger partial charge in [-0.1, -0.05) is 30.5 Å². The Kier molecular flexibility index (Phi) is 11.7. The molecule has 35 heavy (non-hydrogen) atoms. The van der Waals surface area contributed by atoms with Crippen LogP contribution in [0.1, 0.15) is 51.3 Å². The molecule has 188 valence electrons. The number of terminal acetylenes is 2. The maximum absolute atomic E-state index is 13.4. The summed E-state index contributed by atoms with van der Waals surface area (Å²) in [6, 6.07) is 6.17. The van der Waals surface area contributed by atoms with Crippen molar-refractivity contribution >= 4 is 36.5 Å². The van der Waals surface area contributed by atoms with E-state index in [4.69, 9.17) is 22.3 Å². The third kappa shape index (κ3) is 9.26. The number of amides is 3. The van der Waals surface area contributed by atoms with Crippen LogP contribution in [0.15, 0.2) is 24.3 Å². The third-order valence-electron chi connectivity index (χ3n) is 4.40. The van der Waals surface area contributed by atoms with Crippen molar-refractivity contribution in [3.8, 4) is 24.8 Å². The van der Waals surface area contributed by atoms with Gasteiger partial charge in [0.05, 0.1) is 13.0 Å². The van der Waals surface area contributed by atoms with Crippen LogP contribution in [0.25, 0.3) is 0 Å². The van der Waals surface area contributed by atoms with Crippen molar-refractivity contribution in [1.82, 2.24) is 15.5 Å². The highest BCUT2D eigenvalue weighted by molar-refractivity contribution is 7.80. The van der Waals surface area contributed by atoms with Gasteiger partial charge in [-0.3, -0.25) is 19.3 Å². The second-order valence-corrected chi connectivity index (χ2v) is 8.56. The van der Waals surface area contributed by atoms with Crippen LogP contribution in [-0.4, -0.2) is 59.3 Å². The molecular formula is C25H31N3O6S. The van der Waals surface area contributed by atoms with Crippen LogP contribution in [0.4, 0.5) is 4.79 Å². The number of hydrogen-bond donors (Lipinski definition) is 3. The van der Waals surface area contributed by atoms with Gasteiger partial charge < -0.3 is 20.1 Å². The molecule has 0 spiro atoms. The van der Waals surface area contributed by atoms with E-state index < -0.39 is 41.6 Å². The van der Waals surface area contributed by atoms with E-state index in [-0.39, 0.29) is 25.3 Å². The van der Waals surface area contributed by atoms with E-state index in [0.717, 1.165) is 4.90 Å². The fraction of sp³-hybridized carbons (Fsp3) is 0.440. The first-order chi connectivity index (χ1) is 16.5. The molecule has 0 saturated carbocycles. The van der Waals surface area contributed by atoms with E-state index in [9.17, 15) is 19.2 Å². The molecular weight excluding hydrogens is 470 g/mol. The maximum Gasteiger partial charge on any atom is 0.408 e. The molecule has 0 aliphatic carbocycles. The number of carbonyl (C=O) groups is 4. The maximum atomic E-state index is 13.4. The Morgan fingerprint density at radius 2 is 1.83 bits per heavy atom. The summed E-state index contributed by atoms with van der Waals surface area (Å²) in [4.78, 5) is 51.3. The fourth-order valence-corrected chi connectivity index (χ4v) is 3.20. The quantitative estimate of drug-likeness (QED) is 0.196. The van der Waals surface area contributed by atoms with Crippen molar-refractivity contribution in [2.75, 3.05) is 18.9 Å². The number of carbonyl (C=O) groups excluding carboxylic acids is 4. The van der Waals surface area contributed by atoms with Crippen molar-refractivity contribution in [2.45, 2.75) is 51.8 Å². The number of alkyl carbamates (subject to hydrolysis) is 1. The Morgan fingerprint density at radius 1 is 1.17 bits per heavy atom. The minimum atomic E-state index is -1.34. The number of ether oxygens (including phenoxy) is 2. The van der Waals surface area contributed by atoms with Gasteiger partial charge in [0.1, 0.15) is 17.7 Å². The molecule has 0 bridgehead atoms. The van der Waals surface area contributed by atoms with Crippen LogP contribution in [0, 0.1) is 24.8 Å². The first-order valence-electron chi connectivity index (χ1n) is 10.9. The van der Waals surface area contributed by atoms with Crippen LogP contribution in [-0.2, 0) is 23.9 Å². The van der Waals surface area contributed by atoms with Crippen molar-refractivity contribution in [3.63, 3.8) is 0 Å². The summed E-state index contributed by atoms with van der Waals surface area (Å²) in [7, 11) is 0. The van der Waals surface area contributed by atoms with Gasteiger partial charge in [0.2, 0.25) is 5.91 Å². The van der Waals surface area contributed by atoms with Crippen LogP contribution in [0.3, 0.4) is 0 Å². The summed E-state index contributed by atoms with van der Waals surface area (Å²) >= 11 is 4.15. The summed E-state index contributed by atoms with van der Waals surface area (Å²) in [5.41, 5.74) is -0.161. The van der Waals surface area contributed by atoms with E-state index in [2.05, 4.69) is 35.2 Å². The lowest BCUT2D eigenvalue weighted by atomic mass is 9.98. The molecule has 0 radical (unpaired) electrons. The van der Waals surface area contributed by atoms with Crippen molar-refractivity contribution < 1.29 is 28.7 Å². The highest BCUT2D eigenvalue weighted by Crippen LogP contribution is 2.25. The number of hydrogen-bond acceptors (Lipinski definition) is 7. The van der Waals surface area contributed by atoms with Gasteiger partial charge in [-0.05, 0) is 33.8 Å². The lowest BCUT2D eigenvalue weighted by Gasteiger charge is -2.30. The normalized spacial score (nSPS) is 12.2. The number of esters is 1. The van der Waals surface area contributed by atoms with Gasteiger partial charge in [0, 0.05) is 29.5 Å². The predicted octanol–water partition coefficient (Wildman–Crippen LogP) is 2.02. The predicted molar refractivity (Wildman–Crippen MR) is 134 cm³/mol. The summed E-state index contributed by atoms with van der Waals surface area (Å²) in [5.74, 6) is 0.423. The largest absolute Gasteiger partial charge is 0.466 e. The standard InChI is InChI=1S/C25H31N3O6S/c1-7-17-12-10-11-13-18(17)21(22(30)26-15-14-20(29)33-9-3)28(8-2)23(31)19(16-35)27-24(32)34-25(4,5)6/h1-2,10-13,19,21,35H,9,14-16H2,3-6H3,(H,26,30)(H,27,32).